The van der Waals surface area contributed by atoms with E-state index in [1.165, 1.54) is 10.2 Å². The molecule has 1 aromatic heterocycles. The van der Waals surface area contributed by atoms with Crippen molar-refractivity contribution < 1.29 is 9.53 Å². The summed E-state index contributed by atoms with van der Waals surface area (Å²) in [6, 6.07) is 9.93. The highest BCUT2D eigenvalue weighted by Gasteiger charge is 2.21. The number of carbonyl (C=O) groups is 1. The Labute approximate surface area is 133 Å². The summed E-state index contributed by atoms with van der Waals surface area (Å²) < 4.78 is 6.69. The maximum Gasteiger partial charge on any atom is 0.435 e. The molecule has 0 atom stereocenters. The number of alkyl halides is 1. The number of carbonyl (C=O) groups excluding carboxylic acids is 1. The first-order valence-corrected chi connectivity index (χ1v) is 7.87. The Balaban J connectivity index is 2.35. The standard InChI is InChI=1S/C16H19BrN2O2/c1-11-5-7-12(8-6-11)14-9-13(10-17)19(18-14)15(20)21-16(2,3)4/h5-9H,10H2,1-4H3. The van der Waals surface area contributed by atoms with Gasteiger partial charge in [0.2, 0.25) is 0 Å². The number of halogens is 1. The van der Waals surface area contributed by atoms with Crippen LogP contribution in [0.15, 0.2) is 30.3 Å². The van der Waals surface area contributed by atoms with Crippen molar-refractivity contribution in [2.24, 2.45) is 0 Å². The number of aromatic nitrogens is 2. The molecule has 1 aromatic carbocycles. The van der Waals surface area contributed by atoms with Crippen LogP contribution in [0.5, 0.6) is 0 Å². The largest absolute Gasteiger partial charge is 0.442 e. The van der Waals surface area contributed by atoms with E-state index in [0.29, 0.717) is 5.33 Å². The van der Waals surface area contributed by atoms with E-state index in [9.17, 15) is 4.79 Å². The molecule has 2 rings (SSSR count). The Kier molecular flexibility index (Phi) is 4.52. The number of hydrogen-bond donors (Lipinski definition) is 0. The van der Waals surface area contributed by atoms with Crippen molar-refractivity contribution in [3.63, 3.8) is 0 Å². The maximum absolute atomic E-state index is 12.2. The molecule has 5 heteroatoms. The topological polar surface area (TPSA) is 44.1 Å². The van der Waals surface area contributed by atoms with Crippen LogP contribution < -0.4 is 0 Å². The summed E-state index contributed by atoms with van der Waals surface area (Å²) in [6.45, 7) is 7.54. The van der Waals surface area contributed by atoms with Crippen LogP contribution in [0.1, 0.15) is 32.0 Å². The highest BCUT2D eigenvalue weighted by atomic mass is 79.9. The molecule has 0 unspecified atom stereocenters. The second-order valence-corrected chi connectivity index (χ2v) is 6.47. The van der Waals surface area contributed by atoms with Crippen LogP contribution in [0.2, 0.25) is 0 Å². The van der Waals surface area contributed by atoms with Gasteiger partial charge < -0.3 is 4.74 Å². The van der Waals surface area contributed by atoms with E-state index in [1.54, 1.807) is 0 Å². The SMILES string of the molecule is Cc1ccc(-c2cc(CBr)n(C(=O)OC(C)(C)C)n2)cc1. The van der Waals surface area contributed by atoms with E-state index in [4.69, 9.17) is 4.74 Å². The van der Waals surface area contributed by atoms with Gasteiger partial charge in [0.25, 0.3) is 0 Å². The number of rotatable bonds is 2. The molecule has 1 heterocycles. The van der Waals surface area contributed by atoms with E-state index < -0.39 is 11.7 Å². The van der Waals surface area contributed by atoms with Crippen molar-refractivity contribution in [3.8, 4) is 11.3 Å². The first-order valence-electron chi connectivity index (χ1n) is 6.75. The molecule has 0 N–H and O–H groups in total. The molecule has 0 bridgehead atoms. The molecule has 0 saturated heterocycles. The minimum atomic E-state index is -0.545. The summed E-state index contributed by atoms with van der Waals surface area (Å²) >= 11 is 3.39. The van der Waals surface area contributed by atoms with Gasteiger partial charge in [0, 0.05) is 10.9 Å². The molecule has 0 spiro atoms. The minimum absolute atomic E-state index is 0.463. The molecule has 0 fully saturated rings. The molecule has 0 saturated carbocycles. The van der Waals surface area contributed by atoms with Crippen molar-refractivity contribution in [1.29, 1.82) is 0 Å². The molecule has 21 heavy (non-hydrogen) atoms. The van der Waals surface area contributed by atoms with Crippen molar-refractivity contribution in [3.05, 3.63) is 41.6 Å². The molecule has 0 aliphatic rings. The van der Waals surface area contributed by atoms with Gasteiger partial charge in [0.15, 0.2) is 0 Å². The average Bonchev–Trinajstić information content (AvgIpc) is 2.82. The molecule has 0 amide bonds. The summed E-state index contributed by atoms with van der Waals surface area (Å²) in [5.74, 6) is 0. The predicted octanol–water partition coefficient (Wildman–Crippen LogP) is 4.54. The Morgan fingerprint density at radius 1 is 1.29 bits per heavy atom. The smallest absolute Gasteiger partial charge is 0.435 e. The fourth-order valence-corrected chi connectivity index (χ4v) is 2.24. The second kappa shape index (κ2) is 6.02. The van der Waals surface area contributed by atoms with Gasteiger partial charge in [-0.05, 0) is 33.8 Å². The van der Waals surface area contributed by atoms with E-state index in [2.05, 4.69) is 21.0 Å². The summed E-state index contributed by atoms with van der Waals surface area (Å²) in [5.41, 5.74) is 3.14. The van der Waals surface area contributed by atoms with Gasteiger partial charge in [-0.2, -0.15) is 9.78 Å². The van der Waals surface area contributed by atoms with Crippen LogP contribution in [0.25, 0.3) is 11.3 Å². The van der Waals surface area contributed by atoms with Crippen LogP contribution in [0.4, 0.5) is 4.79 Å². The minimum Gasteiger partial charge on any atom is -0.442 e. The molecule has 0 aliphatic carbocycles. The van der Waals surface area contributed by atoms with Gasteiger partial charge in [0.1, 0.15) is 5.60 Å². The van der Waals surface area contributed by atoms with Crippen LogP contribution in [-0.2, 0) is 10.1 Å². The highest BCUT2D eigenvalue weighted by molar-refractivity contribution is 9.08. The fourth-order valence-electron chi connectivity index (χ4n) is 1.84. The highest BCUT2D eigenvalue weighted by Crippen LogP contribution is 2.22. The Hall–Kier alpha value is -1.62. The lowest BCUT2D eigenvalue weighted by Gasteiger charge is -2.19. The maximum atomic E-state index is 12.2. The normalized spacial score (nSPS) is 11.5. The predicted molar refractivity (Wildman–Crippen MR) is 86.7 cm³/mol. The van der Waals surface area contributed by atoms with Gasteiger partial charge in [-0.3, -0.25) is 0 Å². The number of benzene rings is 1. The monoisotopic (exact) mass is 350 g/mol. The van der Waals surface area contributed by atoms with E-state index >= 15 is 0 Å². The molecular weight excluding hydrogens is 332 g/mol. The zero-order chi connectivity index (χ0) is 15.6. The van der Waals surface area contributed by atoms with Crippen molar-refractivity contribution in [2.75, 3.05) is 0 Å². The molecular formula is C16H19BrN2O2. The van der Waals surface area contributed by atoms with E-state index in [1.807, 2.05) is 58.0 Å². The lowest BCUT2D eigenvalue weighted by molar-refractivity contribution is 0.0511. The Morgan fingerprint density at radius 2 is 1.90 bits per heavy atom. The molecule has 4 nitrogen and oxygen atoms in total. The van der Waals surface area contributed by atoms with E-state index in [-0.39, 0.29) is 0 Å². The lowest BCUT2D eigenvalue weighted by Crippen LogP contribution is -2.28. The second-order valence-electron chi connectivity index (χ2n) is 5.91. The summed E-state index contributed by atoms with van der Waals surface area (Å²) in [6.07, 6.45) is -0.463. The van der Waals surface area contributed by atoms with Crippen LogP contribution in [-0.4, -0.2) is 21.5 Å². The molecule has 0 aliphatic heterocycles. The van der Waals surface area contributed by atoms with Gasteiger partial charge in [0.05, 0.1) is 11.4 Å². The van der Waals surface area contributed by atoms with Gasteiger partial charge in [-0.1, -0.05) is 45.8 Å². The average molecular weight is 351 g/mol. The Bertz CT molecular complexity index is 639. The molecule has 112 valence electrons. The van der Waals surface area contributed by atoms with Gasteiger partial charge >= 0.3 is 6.09 Å². The summed E-state index contributed by atoms with van der Waals surface area (Å²) in [4.78, 5) is 12.2. The van der Waals surface area contributed by atoms with Crippen molar-refractivity contribution >= 4 is 22.0 Å². The van der Waals surface area contributed by atoms with E-state index in [0.717, 1.165) is 17.0 Å². The van der Waals surface area contributed by atoms with Crippen LogP contribution in [0, 0.1) is 6.92 Å². The van der Waals surface area contributed by atoms with Gasteiger partial charge in [-0.15, -0.1) is 0 Å². The summed E-state index contributed by atoms with van der Waals surface area (Å²) in [7, 11) is 0. The number of ether oxygens (including phenoxy) is 1. The third-order valence-electron chi connectivity index (χ3n) is 2.83. The first-order chi connectivity index (χ1) is 9.80. The molecule has 0 radical (unpaired) electrons. The van der Waals surface area contributed by atoms with Crippen molar-refractivity contribution in [2.45, 2.75) is 38.6 Å². The van der Waals surface area contributed by atoms with Crippen molar-refractivity contribution in [1.82, 2.24) is 9.78 Å². The zero-order valence-electron chi connectivity index (χ0n) is 12.7. The quantitative estimate of drug-likeness (QED) is 0.747. The lowest BCUT2D eigenvalue weighted by atomic mass is 10.1. The number of nitrogens with zero attached hydrogens (tertiary/aromatic N) is 2. The van der Waals surface area contributed by atoms with Crippen LogP contribution in [0.3, 0.4) is 0 Å². The third kappa shape index (κ3) is 3.94. The first kappa shape index (κ1) is 15.8. The van der Waals surface area contributed by atoms with Gasteiger partial charge in [-0.25, -0.2) is 4.79 Å². The summed E-state index contributed by atoms with van der Waals surface area (Å²) in [5, 5.41) is 4.91. The van der Waals surface area contributed by atoms with Crippen LogP contribution >= 0.6 is 15.9 Å². The fraction of sp³-hybridized carbons (Fsp3) is 0.375. The third-order valence-corrected chi connectivity index (χ3v) is 3.41. The number of aryl methyl sites for hydroxylation is 1. The Morgan fingerprint density at radius 3 is 2.43 bits per heavy atom. The number of hydrogen-bond acceptors (Lipinski definition) is 3. The molecule has 2 aromatic rings. The zero-order valence-corrected chi connectivity index (χ0v) is 14.3.